The van der Waals surface area contributed by atoms with Gasteiger partial charge in [0.25, 0.3) is 0 Å². The largest absolute Gasteiger partial charge is 0.372 e. The van der Waals surface area contributed by atoms with Gasteiger partial charge in [-0.25, -0.2) is 9.97 Å². The maximum absolute atomic E-state index is 10.9. The molecule has 1 aliphatic rings. The summed E-state index contributed by atoms with van der Waals surface area (Å²) in [4.78, 5) is 26.3. The number of anilines is 4. The minimum Gasteiger partial charge on any atom is -0.372 e. The van der Waals surface area contributed by atoms with Crippen molar-refractivity contribution in [3.63, 3.8) is 0 Å². The van der Waals surface area contributed by atoms with Crippen LogP contribution in [-0.2, 0) is 4.79 Å². The Balaban J connectivity index is 1.72. The third kappa shape index (κ3) is 4.67. The molecule has 7 nitrogen and oxygen atoms in total. The van der Waals surface area contributed by atoms with Gasteiger partial charge in [0.15, 0.2) is 0 Å². The zero-order valence-corrected chi connectivity index (χ0v) is 16.4. The number of nitrogens with zero attached hydrogens (tertiary/aromatic N) is 5. The molecule has 0 radical (unpaired) electrons. The smallest absolute Gasteiger partial charge is 0.209 e. The summed E-state index contributed by atoms with van der Waals surface area (Å²) < 4.78 is 0. The van der Waals surface area contributed by atoms with Crippen LogP contribution in [0.5, 0.6) is 0 Å². The lowest BCUT2D eigenvalue weighted by atomic mass is 10.2. The van der Waals surface area contributed by atoms with Crippen LogP contribution in [0.3, 0.4) is 0 Å². The molecule has 2 aromatic rings. The number of rotatable bonds is 7. The van der Waals surface area contributed by atoms with E-state index in [1.54, 1.807) is 4.90 Å². The van der Waals surface area contributed by atoms with Crippen molar-refractivity contribution in [2.45, 2.75) is 20.8 Å². The Morgan fingerprint density at radius 2 is 1.74 bits per heavy atom. The molecule has 0 bridgehead atoms. The topological polar surface area (TPSA) is 64.6 Å². The molecule has 7 heteroatoms. The molecule has 1 N–H and O–H groups in total. The van der Waals surface area contributed by atoms with Gasteiger partial charge >= 0.3 is 0 Å². The highest BCUT2D eigenvalue weighted by molar-refractivity contribution is 5.63. The van der Waals surface area contributed by atoms with Crippen molar-refractivity contribution >= 4 is 29.4 Å². The van der Waals surface area contributed by atoms with Gasteiger partial charge in [-0.1, -0.05) is 0 Å². The quantitative estimate of drug-likeness (QED) is 0.758. The molecule has 0 aliphatic carbocycles. The molecule has 3 rings (SSSR count). The van der Waals surface area contributed by atoms with Crippen LogP contribution >= 0.6 is 0 Å². The summed E-state index contributed by atoms with van der Waals surface area (Å²) >= 11 is 0. The number of carbonyl (C=O) groups is 1. The summed E-state index contributed by atoms with van der Waals surface area (Å²) in [6.45, 7) is 11.2. The number of aromatic nitrogens is 2. The van der Waals surface area contributed by atoms with Crippen molar-refractivity contribution in [2.24, 2.45) is 0 Å². The molecule has 1 saturated heterocycles. The normalized spacial score (nSPS) is 14.2. The number of piperazine rings is 1. The fourth-order valence-corrected chi connectivity index (χ4v) is 3.33. The van der Waals surface area contributed by atoms with Gasteiger partial charge in [-0.15, -0.1) is 0 Å². The monoisotopic (exact) mass is 368 g/mol. The maximum atomic E-state index is 10.9. The first kappa shape index (κ1) is 18.9. The molecule has 144 valence electrons. The van der Waals surface area contributed by atoms with Crippen LogP contribution in [-0.4, -0.2) is 60.5 Å². The highest BCUT2D eigenvalue weighted by Gasteiger charge is 2.17. The number of aryl methyl sites for hydroxylation is 1. The van der Waals surface area contributed by atoms with Gasteiger partial charge in [0.2, 0.25) is 6.41 Å². The van der Waals surface area contributed by atoms with Crippen LogP contribution in [0, 0.1) is 6.92 Å². The summed E-state index contributed by atoms with van der Waals surface area (Å²) in [7, 11) is 0. The van der Waals surface area contributed by atoms with E-state index in [9.17, 15) is 4.79 Å². The molecule has 0 unspecified atom stereocenters. The number of hydrogen-bond donors (Lipinski definition) is 1. The third-order valence-electron chi connectivity index (χ3n) is 4.88. The summed E-state index contributed by atoms with van der Waals surface area (Å²) in [6.07, 6.45) is 0.914. The van der Waals surface area contributed by atoms with Crippen molar-refractivity contribution in [2.75, 3.05) is 54.4 Å². The second-order valence-corrected chi connectivity index (χ2v) is 6.63. The zero-order chi connectivity index (χ0) is 19.2. The van der Waals surface area contributed by atoms with Crippen molar-refractivity contribution in [1.82, 2.24) is 14.9 Å². The maximum Gasteiger partial charge on any atom is 0.209 e. The molecule has 0 atom stereocenters. The number of carbonyl (C=O) groups excluding carboxylic acids is 1. The standard InChI is InChI=1S/C20H28N6O/c1-4-25(5-2)18-8-6-17(7-9-18)23-19-14-20(22-16(3)21-19)26-12-10-24(15-27)11-13-26/h6-9,14-15H,4-5,10-13H2,1-3H3,(H,21,22,23). The minimum absolute atomic E-state index is 0.724. The van der Waals surface area contributed by atoms with E-state index in [4.69, 9.17) is 0 Å². The lowest BCUT2D eigenvalue weighted by molar-refractivity contribution is -0.118. The molecule has 27 heavy (non-hydrogen) atoms. The number of benzene rings is 1. The van der Waals surface area contributed by atoms with Crippen LogP contribution in [0.25, 0.3) is 0 Å². The van der Waals surface area contributed by atoms with E-state index < -0.39 is 0 Å². The summed E-state index contributed by atoms with van der Waals surface area (Å²) in [5.41, 5.74) is 2.22. The first-order valence-electron chi connectivity index (χ1n) is 9.55. The van der Waals surface area contributed by atoms with Crippen LogP contribution in [0.1, 0.15) is 19.7 Å². The molecular formula is C20H28N6O. The highest BCUT2D eigenvalue weighted by Crippen LogP contribution is 2.23. The van der Waals surface area contributed by atoms with E-state index in [0.29, 0.717) is 0 Å². The Hall–Kier alpha value is -2.83. The fraction of sp³-hybridized carbons (Fsp3) is 0.450. The second-order valence-electron chi connectivity index (χ2n) is 6.63. The molecule has 1 aromatic carbocycles. The minimum atomic E-state index is 0.724. The lowest BCUT2D eigenvalue weighted by Gasteiger charge is -2.33. The average Bonchev–Trinajstić information content (AvgIpc) is 2.70. The van der Waals surface area contributed by atoms with E-state index in [-0.39, 0.29) is 0 Å². The second kappa shape index (κ2) is 8.70. The molecule has 1 amide bonds. The van der Waals surface area contributed by atoms with E-state index in [1.807, 2.05) is 13.0 Å². The highest BCUT2D eigenvalue weighted by atomic mass is 16.1. The van der Waals surface area contributed by atoms with Gasteiger partial charge < -0.3 is 20.0 Å². The van der Waals surface area contributed by atoms with Crippen molar-refractivity contribution in [3.8, 4) is 0 Å². The average molecular weight is 368 g/mol. The van der Waals surface area contributed by atoms with Crippen LogP contribution in [0.15, 0.2) is 30.3 Å². The van der Waals surface area contributed by atoms with Gasteiger partial charge in [0.1, 0.15) is 17.5 Å². The van der Waals surface area contributed by atoms with Crippen molar-refractivity contribution in [3.05, 3.63) is 36.2 Å². The van der Waals surface area contributed by atoms with E-state index in [1.165, 1.54) is 5.69 Å². The molecular weight excluding hydrogens is 340 g/mol. The van der Waals surface area contributed by atoms with Gasteiger partial charge in [0.05, 0.1) is 0 Å². The van der Waals surface area contributed by atoms with Gasteiger partial charge in [0, 0.05) is 56.7 Å². The zero-order valence-electron chi connectivity index (χ0n) is 16.4. The Bertz CT molecular complexity index is 752. The summed E-state index contributed by atoms with van der Waals surface area (Å²) in [5, 5.41) is 3.38. The fourth-order valence-electron chi connectivity index (χ4n) is 3.33. The Labute approximate surface area is 161 Å². The van der Waals surface area contributed by atoms with Gasteiger partial charge in [-0.2, -0.15) is 0 Å². The summed E-state index contributed by atoms with van der Waals surface area (Å²) in [6, 6.07) is 10.4. The summed E-state index contributed by atoms with van der Waals surface area (Å²) in [5.74, 6) is 2.41. The Kier molecular flexibility index (Phi) is 6.11. The SMILES string of the molecule is CCN(CC)c1ccc(Nc2cc(N3CCN(C=O)CC3)nc(C)n2)cc1. The Morgan fingerprint density at radius 3 is 2.33 bits per heavy atom. The van der Waals surface area contributed by atoms with E-state index in [0.717, 1.165) is 68.8 Å². The predicted octanol–water partition coefficient (Wildman–Crippen LogP) is 2.65. The number of hydrogen-bond acceptors (Lipinski definition) is 6. The molecule has 2 heterocycles. The van der Waals surface area contributed by atoms with E-state index >= 15 is 0 Å². The van der Waals surface area contributed by atoms with Gasteiger partial charge in [-0.3, -0.25) is 4.79 Å². The molecule has 1 fully saturated rings. The third-order valence-corrected chi connectivity index (χ3v) is 4.88. The van der Waals surface area contributed by atoms with Crippen molar-refractivity contribution < 1.29 is 4.79 Å². The predicted molar refractivity (Wildman–Crippen MR) is 110 cm³/mol. The molecule has 1 aromatic heterocycles. The van der Waals surface area contributed by atoms with Crippen LogP contribution < -0.4 is 15.1 Å². The van der Waals surface area contributed by atoms with Gasteiger partial charge in [-0.05, 0) is 45.0 Å². The van der Waals surface area contributed by atoms with Crippen LogP contribution in [0.2, 0.25) is 0 Å². The molecule has 0 spiro atoms. The Morgan fingerprint density at radius 1 is 1.07 bits per heavy atom. The molecule has 0 saturated carbocycles. The van der Waals surface area contributed by atoms with Crippen LogP contribution in [0.4, 0.5) is 23.0 Å². The lowest BCUT2D eigenvalue weighted by Crippen LogP contribution is -2.46. The van der Waals surface area contributed by atoms with E-state index in [2.05, 4.69) is 63.2 Å². The first-order chi connectivity index (χ1) is 13.1. The first-order valence-corrected chi connectivity index (χ1v) is 9.55. The molecule has 1 aliphatic heterocycles. The number of amides is 1. The van der Waals surface area contributed by atoms with Crippen molar-refractivity contribution in [1.29, 1.82) is 0 Å². The number of nitrogens with one attached hydrogen (secondary N) is 1.